The molecular weight excluding hydrogens is 374 g/mol. The monoisotopic (exact) mass is 391 g/mol. The summed E-state index contributed by atoms with van der Waals surface area (Å²) in [5, 5.41) is 12.7. The molecule has 6 nitrogen and oxygen atoms in total. The van der Waals surface area contributed by atoms with E-state index >= 15 is 0 Å². The van der Waals surface area contributed by atoms with E-state index in [1.165, 1.54) is 5.69 Å². The lowest BCUT2D eigenvalue weighted by Gasteiger charge is -2.28. The topological polar surface area (TPSA) is 74.1 Å². The van der Waals surface area contributed by atoms with E-state index in [-0.39, 0.29) is 0 Å². The molecule has 7 heteroatoms. The molecule has 0 spiro atoms. The number of ether oxygens (including phenoxy) is 1. The Morgan fingerprint density at radius 2 is 1.86 bits per heavy atom. The average Bonchev–Trinajstić information content (AvgIpc) is 2.75. The number of hydrogen-bond acceptors (Lipinski definition) is 6. The van der Waals surface area contributed by atoms with Crippen molar-refractivity contribution in [3.8, 4) is 17.3 Å². The van der Waals surface area contributed by atoms with Gasteiger partial charge in [0.2, 0.25) is 5.95 Å². The first-order valence-corrected chi connectivity index (χ1v) is 9.33. The minimum Gasteiger partial charge on any atom is -0.378 e. The van der Waals surface area contributed by atoms with Gasteiger partial charge in [-0.1, -0.05) is 17.7 Å². The molecule has 0 atom stereocenters. The Labute approximate surface area is 168 Å². The summed E-state index contributed by atoms with van der Waals surface area (Å²) >= 11 is 6.13. The van der Waals surface area contributed by atoms with Crippen LogP contribution in [0.4, 0.5) is 17.3 Å². The van der Waals surface area contributed by atoms with Gasteiger partial charge < -0.3 is 15.0 Å². The van der Waals surface area contributed by atoms with Crippen LogP contribution in [0.1, 0.15) is 5.56 Å². The molecule has 3 aromatic rings. The normalized spacial score (nSPS) is 13.8. The van der Waals surface area contributed by atoms with Crippen molar-refractivity contribution < 1.29 is 4.74 Å². The van der Waals surface area contributed by atoms with Gasteiger partial charge in [0.25, 0.3) is 0 Å². The Bertz CT molecular complexity index is 1010. The van der Waals surface area contributed by atoms with Crippen LogP contribution in [0.25, 0.3) is 11.3 Å². The van der Waals surface area contributed by atoms with E-state index in [1.807, 2.05) is 24.3 Å². The Morgan fingerprint density at radius 1 is 1.07 bits per heavy atom. The summed E-state index contributed by atoms with van der Waals surface area (Å²) in [4.78, 5) is 11.2. The second kappa shape index (κ2) is 8.26. The summed E-state index contributed by atoms with van der Waals surface area (Å²) in [6.07, 6.45) is 1.69. The molecule has 2 heterocycles. The van der Waals surface area contributed by atoms with Gasteiger partial charge in [0.1, 0.15) is 6.07 Å². The highest BCUT2D eigenvalue weighted by atomic mass is 35.5. The zero-order valence-corrected chi connectivity index (χ0v) is 15.9. The van der Waals surface area contributed by atoms with Crippen LogP contribution < -0.4 is 10.2 Å². The van der Waals surface area contributed by atoms with Crippen LogP contribution in [-0.4, -0.2) is 36.3 Å². The maximum atomic E-state index is 9.01. The molecule has 0 bridgehead atoms. The highest BCUT2D eigenvalue weighted by Crippen LogP contribution is 2.25. The molecule has 0 aliphatic carbocycles. The molecule has 1 fully saturated rings. The maximum absolute atomic E-state index is 9.01. The third-order valence-corrected chi connectivity index (χ3v) is 4.85. The van der Waals surface area contributed by atoms with Crippen molar-refractivity contribution in [3.05, 3.63) is 65.3 Å². The number of benzene rings is 2. The summed E-state index contributed by atoms with van der Waals surface area (Å²) in [5.41, 5.74) is 4.09. The number of aromatic nitrogens is 2. The van der Waals surface area contributed by atoms with Crippen molar-refractivity contribution in [2.24, 2.45) is 0 Å². The second-order valence-corrected chi connectivity index (χ2v) is 6.75. The van der Waals surface area contributed by atoms with Gasteiger partial charge >= 0.3 is 0 Å². The fourth-order valence-electron chi connectivity index (χ4n) is 3.05. The highest BCUT2D eigenvalue weighted by Gasteiger charge is 2.11. The number of rotatable bonds is 4. The Balaban J connectivity index is 1.50. The quantitative estimate of drug-likeness (QED) is 0.716. The van der Waals surface area contributed by atoms with Crippen LogP contribution in [0.3, 0.4) is 0 Å². The zero-order valence-electron chi connectivity index (χ0n) is 15.1. The molecule has 28 heavy (non-hydrogen) atoms. The number of nitriles is 1. The van der Waals surface area contributed by atoms with Crippen LogP contribution >= 0.6 is 11.6 Å². The lowest BCUT2D eigenvalue weighted by molar-refractivity contribution is 0.122. The van der Waals surface area contributed by atoms with Crippen molar-refractivity contribution in [1.29, 1.82) is 5.26 Å². The Morgan fingerprint density at radius 3 is 2.57 bits per heavy atom. The van der Waals surface area contributed by atoms with Gasteiger partial charge in [-0.3, -0.25) is 0 Å². The van der Waals surface area contributed by atoms with Crippen molar-refractivity contribution in [1.82, 2.24) is 9.97 Å². The maximum Gasteiger partial charge on any atom is 0.227 e. The van der Waals surface area contributed by atoms with Crippen LogP contribution in [-0.2, 0) is 4.74 Å². The van der Waals surface area contributed by atoms with Gasteiger partial charge in [0, 0.05) is 36.2 Å². The molecule has 4 rings (SSSR count). The van der Waals surface area contributed by atoms with Crippen LogP contribution in [0.5, 0.6) is 0 Å². The summed E-state index contributed by atoms with van der Waals surface area (Å²) in [6.45, 7) is 3.34. The van der Waals surface area contributed by atoms with E-state index < -0.39 is 0 Å². The van der Waals surface area contributed by atoms with E-state index in [2.05, 4.69) is 38.4 Å². The van der Waals surface area contributed by atoms with Crippen molar-refractivity contribution in [2.45, 2.75) is 0 Å². The first-order chi connectivity index (χ1) is 13.7. The number of morpholine rings is 1. The van der Waals surface area contributed by atoms with Crippen LogP contribution in [0.15, 0.2) is 54.7 Å². The molecule has 1 saturated heterocycles. The van der Waals surface area contributed by atoms with Gasteiger partial charge in [-0.05, 0) is 42.5 Å². The SMILES string of the molecule is N#Cc1ccc(-c2ccnc(Nc3ccc(N4CCOCC4)cc3)n2)cc1Cl. The van der Waals surface area contributed by atoms with E-state index in [4.69, 9.17) is 21.6 Å². The van der Waals surface area contributed by atoms with E-state index in [9.17, 15) is 0 Å². The molecule has 0 radical (unpaired) electrons. The lowest BCUT2D eigenvalue weighted by Crippen LogP contribution is -2.36. The number of nitrogens with one attached hydrogen (secondary N) is 1. The molecule has 1 N–H and O–H groups in total. The Kier molecular flexibility index (Phi) is 5.38. The first kappa shape index (κ1) is 18.2. The van der Waals surface area contributed by atoms with Crippen molar-refractivity contribution in [3.63, 3.8) is 0 Å². The smallest absolute Gasteiger partial charge is 0.227 e. The van der Waals surface area contributed by atoms with Crippen molar-refractivity contribution >= 4 is 28.9 Å². The average molecular weight is 392 g/mol. The van der Waals surface area contributed by atoms with E-state index in [1.54, 1.807) is 18.3 Å². The van der Waals surface area contributed by atoms with Gasteiger partial charge in [0.15, 0.2) is 0 Å². The molecule has 0 unspecified atom stereocenters. The standard InChI is InChI=1S/C21H18ClN5O/c22-19-13-15(1-2-16(19)14-23)20-7-8-24-21(26-20)25-17-3-5-18(6-4-17)27-9-11-28-12-10-27/h1-8,13H,9-12H2,(H,24,25,26). The van der Waals surface area contributed by atoms with E-state index in [0.717, 1.165) is 43.2 Å². The predicted molar refractivity (Wildman–Crippen MR) is 110 cm³/mol. The van der Waals surface area contributed by atoms with Gasteiger partial charge in [-0.25, -0.2) is 9.97 Å². The number of hydrogen-bond donors (Lipinski definition) is 1. The van der Waals surface area contributed by atoms with Gasteiger partial charge in [-0.15, -0.1) is 0 Å². The molecule has 1 aliphatic rings. The van der Waals surface area contributed by atoms with Crippen molar-refractivity contribution in [2.75, 3.05) is 36.5 Å². The second-order valence-electron chi connectivity index (χ2n) is 6.34. The minimum absolute atomic E-state index is 0.409. The predicted octanol–water partition coefficient (Wildman–Crippen LogP) is 4.25. The molecule has 1 aromatic heterocycles. The Hall–Kier alpha value is -3.14. The lowest BCUT2D eigenvalue weighted by atomic mass is 10.1. The fourth-order valence-corrected chi connectivity index (χ4v) is 3.27. The third-order valence-electron chi connectivity index (χ3n) is 4.54. The molecule has 0 amide bonds. The summed E-state index contributed by atoms with van der Waals surface area (Å²) in [6, 6.07) is 17.3. The molecule has 140 valence electrons. The minimum atomic E-state index is 0.409. The molecule has 1 aliphatic heterocycles. The first-order valence-electron chi connectivity index (χ1n) is 8.96. The van der Waals surface area contributed by atoms with Gasteiger partial charge in [0.05, 0.1) is 29.5 Å². The highest BCUT2D eigenvalue weighted by molar-refractivity contribution is 6.32. The number of nitrogens with zero attached hydrogens (tertiary/aromatic N) is 4. The summed E-state index contributed by atoms with van der Waals surface area (Å²) < 4.78 is 5.40. The number of anilines is 3. The summed E-state index contributed by atoms with van der Waals surface area (Å²) in [7, 11) is 0. The van der Waals surface area contributed by atoms with E-state index in [0.29, 0.717) is 16.5 Å². The fraction of sp³-hybridized carbons (Fsp3) is 0.190. The molecular formula is C21H18ClN5O. The van der Waals surface area contributed by atoms with Crippen LogP contribution in [0.2, 0.25) is 5.02 Å². The zero-order chi connectivity index (χ0) is 19.3. The number of halogens is 1. The molecule has 2 aromatic carbocycles. The van der Waals surface area contributed by atoms with Gasteiger partial charge in [-0.2, -0.15) is 5.26 Å². The molecule has 0 saturated carbocycles. The third kappa shape index (κ3) is 4.06. The van der Waals surface area contributed by atoms with Crippen LogP contribution in [0, 0.1) is 11.3 Å². The summed E-state index contributed by atoms with van der Waals surface area (Å²) in [5.74, 6) is 0.497. The largest absolute Gasteiger partial charge is 0.378 e.